The SMILES string of the molecule is O=C(c1ccc(Br)cc1)c1ccc([N+](=O)[O-])cc1Cl. The van der Waals surface area contributed by atoms with Crippen LogP contribution in [0, 0.1) is 10.1 Å². The summed E-state index contributed by atoms with van der Waals surface area (Å²) in [5, 5.41) is 10.7. The van der Waals surface area contributed by atoms with Gasteiger partial charge in [0.2, 0.25) is 0 Å². The van der Waals surface area contributed by atoms with E-state index in [0.29, 0.717) is 5.56 Å². The molecule has 0 N–H and O–H groups in total. The van der Waals surface area contributed by atoms with Gasteiger partial charge in [0.25, 0.3) is 5.69 Å². The van der Waals surface area contributed by atoms with Gasteiger partial charge in [-0.15, -0.1) is 0 Å². The fourth-order valence-corrected chi connectivity index (χ4v) is 2.08. The van der Waals surface area contributed by atoms with Crippen molar-refractivity contribution in [1.29, 1.82) is 0 Å². The van der Waals surface area contributed by atoms with E-state index in [1.165, 1.54) is 18.2 Å². The molecule has 0 aromatic heterocycles. The van der Waals surface area contributed by atoms with Gasteiger partial charge >= 0.3 is 0 Å². The lowest BCUT2D eigenvalue weighted by molar-refractivity contribution is -0.384. The molecule has 0 atom stereocenters. The number of nitro groups is 1. The molecule has 0 heterocycles. The van der Waals surface area contributed by atoms with Gasteiger partial charge in [-0.05, 0) is 30.3 Å². The maximum atomic E-state index is 12.2. The van der Waals surface area contributed by atoms with Crippen LogP contribution >= 0.6 is 27.5 Å². The van der Waals surface area contributed by atoms with Crippen LogP contribution in [0.4, 0.5) is 5.69 Å². The number of ketones is 1. The lowest BCUT2D eigenvalue weighted by atomic mass is 10.0. The number of benzene rings is 2. The van der Waals surface area contributed by atoms with Crippen molar-refractivity contribution in [2.75, 3.05) is 0 Å². The van der Waals surface area contributed by atoms with Gasteiger partial charge in [-0.1, -0.05) is 27.5 Å². The summed E-state index contributed by atoms with van der Waals surface area (Å²) in [6.07, 6.45) is 0. The molecular formula is C13H7BrClNO3. The smallest absolute Gasteiger partial charge is 0.270 e. The molecule has 0 aliphatic carbocycles. The molecule has 2 aromatic carbocycles. The van der Waals surface area contributed by atoms with Crippen molar-refractivity contribution in [1.82, 2.24) is 0 Å². The summed E-state index contributed by atoms with van der Waals surface area (Å²) in [7, 11) is 0. The number of carbonyl (C=O) groups is 1. The number of nitro benzene ring substituents is 1. The average Bonchev–Trinajstić information content (AvgIpc) is 2.38. The van der Waals surface area contributed by atoms with Gasteiger partial charge < -0.3 is 0 Å². The zero-order chi connectivity index (χ0) is 14.0. The molecule has 0 amide bonds. The van der Waals surface area contributed by atoms with E-state index in [9.17, 15) is 14.9 Å². The van der Waals surface area contributed by atoms with Crippen molar-refractivity contribution in [3.63, 3.8) is 0 Å². The van der Waals surface area contributed by atoms with Crippen LogP contribution in [0.5, 0.6) is 0 Å². The van der Waals surface area contributed by atoms with Gasteiger partial charge in [0.1, 0.15) is 0 Å². The first-order valence-corrected chi connectivity index (χ1v) is 6.40. The van der Waals surface area contributed by atoms with Crippen LogP contribution in [0.1, 0.15) is 15.9 Å². The van der Waals surface area contributed by atoms with E-state index in [4.69, 9.17) is 11.6 Å². The summed E-state index contributed by atoms with van der Waals surface area (Å²) in [5.74, 6) is -0.271. The third-order valence-electron chi connectivity index (χ3n) is 2.51. The normalized spacial score (nSPS) is 10.2. The van der Waals surface area contributed by atoms with Gasteiger partial charge in [-0.3, -0.25) is 14.9 Å². The summed E-state index contributed by atoms with van der Waals surface area (Å²) >= 11 is 9.19. The van der Waals surface area contributed by atoms with Crippen molar-refractivity contribution < 1.29 is 9.72 Å². The molecule has 0 fully saturated rings. The molecule has 96 valence electrons. The van der Waals surface area contributed by atoms with Crippen LogP contribution in [-0.2, 0) is 0 Å². The van der Waals surface area contributed by atoms with Gasteiger partial charge in [0, 0.05) is 27.7 Å². The number of carbonyl (C=O) groups excluding carboxylic acids is 1. The molecule has 0 aliphatic heterocycles. The second kappa shape index (κ2) is 5.50. The highest BCUT2D eigenvalue weighted by atomic mass is 79.9. The fraction of sp³-hybridized carbons (Fsp3) is 0. The third kappa shape index (κ3) is 3.00. The Morgan fingerprint density at radius 1 is 1.16 bits per heavy atom. The zero-order valence-electron chi connectivity index (χ0n) is 9.47. The topological polar surface area (TPSA) is 60.2 Å². The second-order valence-corrected chi connectivity index (χ2v) is 5.08. The highest BCUT2D eigenvalue weighted by Crippen LogP contribution is 2.25. The summed E-state index contributed by atoms with van der Waals surface area (Å²) in [5.41, 5.74) is 0.575. The van der Waals surface area contributed by atoms with Crippen LogP contribution < -0.4 is 0 Å². The molecule has 6 heteroatoms. The van der Waals surface area contributed by atoms with Crippen molar-refractivity contribution in [2.24, 2.45) is 0 Å². The van der Waals surface area contributed by atoms with Gasteiger partial charge in [0.15, 0.2) is 5.78 Å². The first-order chi connectivity index (χ1) is 8.99. The first-order valence-electron chi connectivity index (χ1n) is 5.23. The molecule has 19 heavy (non-hydrogen) atoms. The minimum Gasteiger partial charge on any atom is -0.289 e. The minimum absolute atomic E-state index is 0.0714. The highest BCUT2D eigenvalue weighted by molar-refractivity contribution is 9.10. The number of non-ortho nitro benzene ring substituents is 1. The van der Waals surface area contributed by atoms with Gasteiger partial charge in [-0.25, -0.2) is 0 Å². The van der Waals surface area contributed by atoms with E-state index in [1.807, 2.05) is 0 Å². The largest absolute Gasteiger partial charge is 0.289 e. The summed E-state index contributed by atoms with van der Waals surface area (Å²) in [6.45, 7) is 0. The lowest BCUT2D eigenvalue weighted by Gasteiger charge is -2.04. The van der Waals surface area contributed by atoms with E-state index in [2.05, 4.69) is 15.9 Å². The Balaban J connectivity index is 2.39. The Morgan fingerprint density at radius 2 is 1.79 bits per heavy atom. The Kier molecular flexibility index (Phi) is 3.97. The zero-order valence-corrected chi connectivity index (χ0v) is 11.8. The molecule has 0 spiro atoms. The minimum atomic E-state index is -0.556. The number of nitrogens with zero attached hydrogens (tertiary/aromatic N) is 1. The molecule has 0 unspecified atom stereocenters. The van der Waals surface area contributed by atoms with Crippen LogP contribution in [0.15, 0.2) is 46.9 Å². The van der Waals surface area contributed by atoms with Crippen LogP contribution in [0.2, 0.25) is 5.02 Å². The van der Waals surface area contributed by atoms with Crippen LogP contribution in [0.25, 0.3) is 0 Å². The average molecular weight is 341 g/mol. The standard InChI is InChI=1S/C13H7BrClNO3/c14-9-3-1-8(2-4-9)13(17)11-6-5-10(16(18)19)7-12(11)15/h1-7H. The Hall–Kier alpha value is -1.72. The molecule has 0 saturated carbocycles. The molecule has 4 nitrogen and oxygen atoms in total. The number of hydrogen-bond acceptors (Lipinski definition) is 3. The maximum Gasteiger partial charge on any atom is 0.270 e. The number of rotatable bonds is 3. The van der Waals surface area contributed by atoms with Crippen molar-refractivity contribution in [3.05, 3.63) is 73.2 Å². The number of halogens is 2. The highest BCUT2D eigenvalue weighted by Gasteiger charge is 2.16. The monoisotopic (exact) mass is 339 g/mol. The molecule has 2 rings (SSSR count). The maximum absolute atomic E-state index is 12.2. The molecule has 0 radical (unpaired) electrons. The van der Waals surface area contributed by atoms with Crippen LogP contribution in [0.3, 0.4) is 0 Å². The predicted molar refractivity (Wildman–Crippen MR) is 75.7 cm³/mol. The molecule has 2 aromatic rings. The fourth-order valence-electron chi connectivity index (χ4n) is 1.56. The second-order valence-electron chi connectivity index (χ2n) is 3.76. The predicted octanol–water partition coefficient (Wildman–Crippen LogP) is 4.24. The molecule has 0 aliphatic rings. The van der Waals surface area contributed by atoms with Gasteiger partial charge in [-0.2, -0.15) is 0 Å². The third-order valence-corrected chi connectivity index (χ3v) is 3.36. The molecule has 0 saturated heterocycles. The van der Waals surface area contributed by atoms with Gasteiger partial charge in [0.05, 0.1) is 9.95 Å². The Bertz CT molecular complexity index is 655. The van der Waals surface area contributed by atoms with E-state index >= 15 is 0 Å². The van der Waals surface area contributed by atoms with E-state index in [-0.39, 0.29) is 22.1 Å². The molecule has 0 bridgehead atoms. The molecular weight excluding hydrogens is 334 g/mol. The van der Waals surface area contributed by atoms with E-state index in [1.54, 1.807) is 24.3 Å². The first kappa shape index (κ1) is 13.7. The van der Waals surface area contributed by atoms with Crippen LogP contribution in [-0.4, -0.2) is 10.7 Å². The lowest BCUT2D eigenvalue weighted by Crippen LogP contribution is -2.02. The summed E-state index contributed by atoms with van der Waals surface area (Å²) < 4.78 is 0.860. The summed E-state index contributed by atoms with van der Waals surface area (Å²) in [6, 6.07) is 10.6. The van der Waals surface area contributed by atoms with Crippen molar-refractivity contribution >= 4 is 39.0 Å². The Morgan fingerprint density at radius 3 is 2.32 bits per heavy atom. The van der Waals surface area contributed by atoms with E-state index in [0.717, 1.165) is 4.47 Å². The van der Waals surface area contributed by atoms with Crippen molar-refractivity contribution in [3.8, 4) is 0 Å². The summed E-state index contributed by atoms with van der Waals surface area (Å²) in [4.78, 5) is 22.2. The van der Waals surface area contributed by atoms with Crippen molar-refractivity contribution in [2.45, 2.75) is 0 Å². The quantitative estimate of drug-likeness (QED) is 0.477. The number of hydrogen-bond donors (Lipinski definition) is 0. The Labute approximate surface area is 122 Å². The van der Waals surface area contributed by atoms with E-state index < -0.39 is 4.92 Å².